The van der Waals surface area contributed by atoms with Crippen LogP contribution in [0.2, 0.25) is 0 Å². The van der Waals surface area contributed by atoms with Crippen molar-refractivity contribution in [3.63, 3.8) is 0 Å². The van der Waals surface area contributed by atoms with E-state index in [2.05, 4.69) is 4.99 Å². The average molecular weight is 355 g/mol. The molecule has 1 aliphatic rings. The summed E-state index contributed by atoms with van der Waals surface area (Å²) in [6.45, 7) is 2.89. The molecule has 2 aromatic carbocycles. The number of hydrogen-bond donors (Lipinski definition) is 0. The number of para-hydroxylation sites is 1. The second-order valence-electron chi connectivity index (χ2n) is 5.61. The fourth-order valence-electron chi connectivity index (χ4n) is 2.61. The fourth-order valence-corrected chi connectivity index (χ4v) is 3.48. The highest BCUT2D eigenvalue weighted by Gasteiger charge is 2.22. The first-order chi connectivity index (χ1) is 12.1. The summed E-state index contributed by atoms with van der Waals surface area (Å²) in [7, 11) is 0. The maximum Gasteiger partial charge on any atom is 0.269 e. The molecule has 7 heteroatoms. The molecular formula is C18H17N3O3S. The zero-order chi connectivity index (χ0) is 17.8. The van der Waals surface area contributed by atoms with Crippen LogP contribution in [0.15, 0.2) is 53.5 Å². The number of ketones is 1. The maximum absolute atomic E-state index is 12.7. The van der Waals surface area contributed by atoms with E-state index < -0.39 is 4.92 Å². The van der Waals surface area contributed by atoms with E-state index in [1.54, 1.807) is 11.8 Å². The Morgan fingerprint density at radius 1 is 1.24 bits per heavy atom. The van der Waals surface area contributed by atoms with Crippen molar-refractivity contribution < 1.29 is 9.72 Å². The van der Waals surface area contributed by atoms with Crippen molar-refractivity contribution in [1.82, 2.24) is 0 Å². The Kier molecular flexibility index (Phi) is 5.14. The van der Waals surface area contributed by atoms with Gasteiger partial charge in [-0.3, -0.25) is 19.9 Å². The van der Waals surface area contributed by atoms with Gasteiger partial charge in [0.15, 0.2) is 11.0 Å². The van der Waals surface area contributed by atoms with E-state index >= 15 is 0 Å². The number of amidine groups is 1. The first kappa shape index (κ1) is 17.2. The lowest BCUT2D eigenvalue weighted by Gasteiger charge is -2.25. The maximum atomic E-state index is 12.7. The monoisotopic (exact) mass is 355 g/mol. The summed E-state index contributed by atoms with van der Waals surface area (Å²) in [5, 5.41) is 11.6. The van der Waals surface area contributed by atoms with E-state index in [1.165, 1.54) is 24.3 Å². The molecule has 0 saturated carbocycles. The number of rotatable bonds is 5. The van der Waals surface area contributed by atoms with Crippen molar-refractivity contribution in [2.24, 2.45) is 4.99 Å². The predicted octanol–water partition coefficient (Wildman–Crippen LogP) is 3.70. The van der Waals surface area contributed by atoms with Crippen molar-refractivity contribution in [2.75, 3.05) is 23.7 Å². The zero-order valence-electron chi connectivity index (χ0n) is 13.7. The van der Waals surface area contributed by atoms with E-state index in [0.717, 1.165) is 28.7 Å². The standard InChI is InChI=1S/C18H17N3O3S/c1-13-4-2-3-5-16(13)20(18-19-10-11-25-18)12-17(22)14-6-8-15(9-7-14)21(23)24/h2-9H,10-12H2,1H3. The number of benzene rings is 2. The highest BCUT2D eigenvalue weighted by molar-refractivity contribution is 8.14. The van der Waals surface area contributed by atoms with Gasteiger partial charge < -0.3 is 4.90 Å². The molecular weight excluding hydrogens is 338 g/mol. The van der Waals surface area contributed by atoms with Crippen LogP contribution in [-0.2, 0) is 0 Å². The Hall–Kier alpha value is -2.67. The van der Waals surface area contributed by atoms with Gasteiger partial charge in [-0.1, -0.05) is 30.0 Å². The molecule has 0 amide bonds. The van der Waals surface area contributed by atoms with Crippen LogP contribution in [0.3, 0.4) is 0 Å². The largest absolute Gasteiger partial charge is 0.313 e. The van der Waals surface area contributed by atoms with Gasteiger partial charge in [0, 0.05) is 29.1 Å². The Morgan fingerprint density at radius 2 is 1.96 bits per heavy atom. The first-order valence-electron chi connectivity index (χ1n) is 7.84. The van der Waals surface area contributed by atoms with Gasteiger partial charge >= 0.3 is 0 Å². The van der Waals surface area contributed by atoms with Crippen molar-refractivity contribution in [3.05, 3.63) is 69.8 Å². The number of nitrogens with zero attached hydrogens (tertiary/aromatic N) is 3. The van der Waals surface area contributed by atoms with Gasteiger partial charge in [0.2, 0.25) is 0 Å². The second kappa shape index (κ2) is 7.48. The third kappa shape index (κ3) is 3.88. The smallest absolute Gasteiger partial charge is 0.269 e. The number of nitro groups is 1. The molecule has 128 valence electrons. The Morgan fingerprint density at radius 3 is 2.56 bits per heavy atom. The minimum Gasteiger partial charge on any atom is -0.313 e. The summed E-state index contributed by atoms with van der Waals surface area (Å²) < 4.78 is 0. The normalized spacial score (nSPS) is 13.4. The lowest BCUT2D eigenvalue weighted by atomic mass is 10.1. The van der Waals surface area contributed by atoms with Crippen LogP contribution in [0.4, 0.5) is 11.4 Å². The topological polar surface area (TPSA) is 75.8 Å². The van der Waals surface area contributed by atoms with Crippen molar-refractivity contribution >= 4 is 34.1 Å². The molecule has 0 N–H and O–H groups in total. The number of thioether (sulfide) groups is 1. The number of aryl methyl sites for hydroxylation is 1. The number of anilines is 1. The van der Waals surface area contributed by atoms with Gasteiger partial charge in [0.05, 0.1) is 18.0 Å². The molecule has 6 nitrogen and oxygen atoms in total. The summed E-state index contributed by atoms with van der Waals surface area (Å²) in [4.78, 5) is 29.4. The number of carbonyl (C=O) groups excluding carboxylic acids is 1. The molecule has 0 radical (unpaired) electrons. The molecule has 0 aliphatic carbocycles. The van der Waals surface area contributed by atoms with Crippen molar-refractivity contribution in [2.45, 2.75) is 6.92 Å². The zero-order valence-corrected chi connectivity index (χ0v) is 14.5. The fraction of sp³-hybridized carbons (Fsp3) is 0.222. The summed E-state index contributed by atoms with van der Waals surface area (Å²) in [5.74, 6) is 0.803. The van der Waals surface area contributed by atoms with Crippen LogP contribution < -0.4 is 4.90 Å². The van der Waals surface area contributed by atoms with Crippen LogP contribution in [0.25, 0.3) is 0 Å². The highest BCUT2D eigenvalue weighted by Crippen LogP contribution is 2.26. The molecule has 1 heterocycles. The van der Waals surface area contributed by atoms with Gasteiger partial charge in [-0.25, -0.2) is 0 Å². The highest BCUT2D eigenvalue weighted by atomic mass is 32.2. The lowest BCUT2D eigenvalue weighted by Crippen LogP contribution is -2.34. The summed E-state index contributed by atoms with van der Waals surface area (Å²) in [6, 6.07) is 13.6. The van der Waals surface area contributed by atoms with E-state index in [9.17, 15) is 14.9 Å². The molecule has 0 saturated heterocycles. The molecule has 25 heavy (non-hydrogen) atoms. The predicted molar refractivity (Wildman–Crippen MR) is 101 cm³/mol. The number of non-ortho nitro benzene ring substituents is 1. The Labute approximate surface area is 149 Å². The molecule has 0 spiro atoms. The number of Topliss-reactive ketones (excluding diaryl/α,β-unsaturated/α-hetero) is 1. The quantitative estimate of drug-likeness (QED) is 0.464. The van der Waals surface area contributed by atoms with E-state index in [1.807, 2.05) is 36.1 Å². The van der Waals surface area contributed by atoms with E-state index in [4.69, 9.17) is 0 Å². The molecule has 1 aliphatic heterocycles. The molecule has 2 aromatic rings. The van der Waals surface area contributed by atoms with Gasteiger partial charge in [-0.2, -0.15) is 0 Å². The van der Waals surface area contributed by atoms with Crippen LogP contribution >= 0.6 is 11.8 Å². The summed E-state index contributed by atoms with van der Waals surface area (Å²) in [6.07, 6.45) is 0. The molecule has 0 aromatic heterocycles. The third-order valence-electron chi connectivity index (χ3n) is 3.91. The molecule has 0 fully saturated rings. The van der Waals surface area contributed by atoms with Gasteiger partial charge in [-0.05, 0) is 30.7 Å². The number of carbonyl (C=O) groups is 1. The summed E-state index contributed by atoms with van der Waals surface area (Å²) >= 11 is 1.63. The third-order valence-corrected chi connectivity index (χ3v) is 4.90. The SMILES string of the molecule is Cc1ccccc1N(CC(=O)c1ccc([N+](=O)[O-])cc1)C1=NCCS1. The van der Waals surface area contributed by atoms with Gasteiger partial charge in [0.25, 0.3) is 5.69 Å². The molecule has 0 bridgehead atoms. The lowest BCUT2D eigenvalue weighted by molar-refractivity contribution is -0.384. The number of nitro benzene ring substituents is 1. The van der Waals surface area contributed by atoms with Crippen LogP contribution in [0, 0.1) is 17.0 Å². The Balaban J connectivity index is 1.86. The number of hydrogen-bond acceptors (Lipinski definition) is 6. The minimum atomic E-state index is -0.474. The van der Waals surface area contributed by atoms with Crippen LogP contribution in [-0.4, -0.2) is 34.7 Å². The van der Waals surface area contributed by atoms with Crippen LogP contribution in [0.5, 0.6) is 0 Å². The van der Waals surface area contributed by atoms with Crippen LogP contribution in [0.1, 0.15) is 15.9 Å². The first-order valence-corrected chi connectivity index (χ1v) is 8.83. The molecule has 3 rings (SSSR count). The second-order valence-corrected chi connectivity index (χ2v) is 6.67. The van der Waals surface area contributed by atoms with Crippen molar-refractivity contribution in [3.8, 4) is 0 Å². The van der Waals surface area contributed by atoms with Gasteiger partial charge in [0.1, 0.15) is 0 Å². The molecule has 0 atom stereocenters. The van der Waals surface area contributed by atoms with E-state index in [0.29, 0.717) is 5.56 Å². The van der Waals surface area contributed by atoms with Gasteiger partial charge in [-0.15, -0.1) is 0 Å². The minimum absolute atomic E-state index is 0.0250. The van der Waals surface area contributed by atoms with E-state index in [-0.39, 0.29) is 18.0 Å². The number of aliphatic imine (C=N–C) groups is 1. The summed E-state index contributed by atoms with van der Waals surface area (Å²) in [5.41, 5.74) is 2.44. The average Bonchev–Trinajstić information content (AvgIpc) is 3.14. The molecule has 0 unspecified atom stereocenters. The van der Waals surface area contributed by atoms with Crippen molar-refractivity contribution in [1.29, 1.82) is 0 Å². The Bertz CT molecular complexity index is 834.